The van der Waals surface area contributed by atoms with Gasteiger partial charge >= 0.3 is 6.09 Å². The lowest BCUT2D eigenvalue weighted by atomic mass is 10.1. The molecule has 0 saturated carbocycles. The smallest absolute Gasteiger partial charge is 0.409 e. The fraction of sp³-hybridized carbons (Fsp3) is 0.429. The van der Waals surface area contributed by atoms with Crippen LogP contribution >= 0.6 is 0 Å². The molecule has 1 aliphatic rings. The molecule has 2 amide bonds. The highest BCUT2D eigenvalue weighted by Crippen LogP contribution is 2.07. The van der Waals surface area contributed by atoms with Crippen LogP contribution in [0.15, 0.2) is 24.3 Å². The van der Waals surface area contributed by atoms with E-state index in [9.17, 15) is 9.59 Å². The van der Waals surface area contributed by atoms with Crippen molar-refractivity contribution in [3.63, 3.8) is 0 Å². The maximum Gasteiger partial charge on any atom is 0.409 e. The van der Waals surface area contributed by atoms with Gasteiger partial charge in [0.2, 0.25) is 0 Å². The summed E-state index contributed by atoms with van der Waals surface area (Å²) in [6.07, 6.45) is 0.470. The average Bonchev–Trinajstić information content (AvgIpc) is 2.80. The predicted molar refractivity (Wildman–Crippen MR) is 71.1 cm³/mol. The average molecular weight is 262 g/mol. The van der Waals surface area contributed by atoms with Gasteiger partial charge in [0, 0.05) is 18.7 Å². The number of rotatable bonds is 5. The van der Waals surface area contributed by atoms with Gasteiger partial charge in [-0.2, -0.15) is 0 Å². The maximum absolute atomic E-state index is 11.9. The first kappa shape index (κ1) is 13.4. The van der Waals surface area contributed by atoms with Crippen LogP contribution in [0.2, 0.25) is 0 Å². The van der Waals surface area contributed by atoms with Crippen molar-refractivity contribution in [1.29, 1.82) is 0 Å². The molecule has 102 valence electrons. The van der Waals surface area contributed by atoms with Crippen molar-refractivity contribution in [3.05, 3.63) is 35.4 Å². The molecular formula is C14H18N2O3. The normalized spacial score (nSPS) is 14.4. The van der Waals surface area contributed by atoms with E-state index in [0.29, 0.717) is 31.8 Å². The summed E-state index contributed by atoms with van der Waals surface area (Å²) in [6.45, 7) is 4.19. The molecule has 1 fully saturated rings. The molecule has 0 radical (unpaired) electrons. The van der Waals surface area contributed by atoms with Crippen molar-refractivity contribution in [2.75, 3.05) is 26.2 Å². The van der Waals surface area contributed by atoms with Crippen LogP contribution in [0, 0.1) is 6.92 Å². The number of nitrogens with one attached hydrogen (secondary N) is 1. The molecule has 0 unspecified atom stereocenters. The van der Waals surface area contributed by atoms with Gasteiger partial charge < -0.3 is 15.0 Å². The SMILES string of the molecule is Cc1ccccc1C(=O)NCCCN1CCOC1=O. The van der Waals surface area contributed by atoms with Gasteiger partial charge in [0.05, 0.1) is 6.54 Å². The molecular weight excluding hydrogens is 244 g/mol. The molecule has 1 aliphatic heterocycles. The molecule has 2 rings (SSSR count). The zero-order chi connectivity index (χ0) is 13.7. The highest BCUT2D eigenvalue weighted by molar-refractivity contribution is 5.95. The minimum absolute atomic E-state index is 0.0675. The number of cyclic esters (lactones) is 1. The second-order valence-corrected chi connectivity index (χ2v) is 4.53. The van der Waals surface area contributed by atoms with E-state index in [4.69, 9.17) is 4.74 Å². The first-order valence-electron chi connectivity index (χ1n) is 6.44. The van der Waals surface area contributed by atoms with Crippen LogP contribution in [0.5, 0.6) is 0 Å². The first-order chi connectivity index (χ1) is 9.18. The van der Waals surface area contributed by atoms with Crippen LogP contribution in [0.25, 0.3) is 0 Å². The van der Waals surface area contributed by atoms with Crippen molar-refractivity contribution in [3.8, 4) is 0 Å². The Morgan fingerprint density at radius 1 is 1.42 bits per heavy atom. The molecule has 0 aliphatic carbocycles. The van der Waals surface area contributed by atoms with E-state index in [1.165, 1.54) is 0 Å². The summed E-state index contributed by atoms with van der Waals surface area (Å²) in [5.41, 5.74) is 1.66. The first-order valence-corrected chi connectivity index (χ1v) is 6.44. The number of carbonyl (C=O) groups excluding carboxylic acids is 2. The molecule has 0 spiro atoms. The van der Waals surface area contributed by atoms with E-state index >= 15 is 0 Å². The van der Waals surface area contributed by atoms with Crippen LogP contribution in [-0.4, -0.2) is 43.1 Å². The van der Waals surface area contributed by atoms with E-state index < -0.39 is 0 Å². The quantitative estimate of drug-likeness (QED) is 0.819. The number of hydrogen-bond donors (Lipinski definition) is 1. The number of carbonyl (C=O) groups is 2. The lowest BCUT2D eigenvalue weighted by molar-refractivity contribution is 0.0952. The van der Waals surface area contributed by atoms with Gasteiger partial charge in [-0.25, -0.2) is 4.79 Å². The molecule has 1 N–H and O–H groups in total. The summed E-state index contributed by atoms with van der Waals surface area (Å²) in [4.78, 5) is 24.7. The van der Waals surface area contributed by atoms with Crippen molar-refractivity contribution in [1.82, 2.24) is 10.2 Å². The van der Waals surface area contributed by atoms with Crippen LogP contribution in [-0.2, 0) is 4.74 Å². The standard InChI is InChI=1S/C14H18N2O3/c1-11-5-2-3-6-12(11)13(17)15-7-4-8-16-9-10-19-14(16)18/h2-3,5-6H,4,7-10H2,1H3,(H,15,17). The van der Waals surface area contributed by atoms with Crippen molar-refractivity contribution in [2.24, 2.45) is 0 Å². The highest BCUT2D eigenvalue weighted by atomic mass is 16.6. The lowest BCUT2D eigenvalue weighted by Gasteiger charge is -2.12. The molecule has 0 bridgehead atoms. The van der Waals surface area contributed by atoms with Crippen LogP contribution < -0.4 is 5.32 Å². The van der Waals surface area contributed by atoms with E-state index in [-0.39, 0.29) is 12.0 Å². The summed E-state index contributed by atoms with van der Waals surface area (Å²) in [7, 11) is 0. The van der Waals surface area contributed by atoms with Crippen LogP contribution in [0.4, 0.5) is 4.79 Å². The highest BCUT2D eigenvalue weighted by Gasteiger charge is 2.20. The summed E-state index contributed by atoms with van der Waals surface area (Å²) in [5.74, 6) is -0.0675. The fourth-order valence-corrected chi connectivity index (χ4v) is 2.02. The topological polar surface area (TPSA) is 58.6 Å². The zero-order valence-corrected chi connectivity index (χ0v) is 11.0. The molecule has 5 heteroatoms. The Labute approximate surface area is 112 Å². The van der Waals surface area contributed by atoms with E-state index in [1.54, 1.807) is 4.90 Å². The molecule has 1 aromatic carbocycles. The van der Waals surface area contributed by atoms with E-state index in [2.05, 4.69) is 5.32 Å². The molecule has 1 heterocycles. The lowest BCUT2D eigenvalue weighted by Crippen LogP contribution is -2.30. The number of amides is 2. The summed E-state index contributed by atoms with van der Waals surface area (Å²) < 4.78 is 4.83. The second-order valence-electron chi connectivity index (χ2n) is 4.53. The van der Waals surface area contributed by atoms with Gasteiger partial charge in [-0.15, -0.1) is 0 Å². The molecule has 0 atom stereocenters. The van der Waals surface area contributed by atoms with Gasteiger partial charge in [0.1, 0.15) is 6.61 Å². The largest absolute Gasteiger partial charge is 0.448 e. The van der Waals surface area contributed by atoms with Gasteiger partial charge in [-0.1, -0.05) is 18.2 Å². The molecule has 0 aromatic heterocycles. The Bertz CT molecular complexity index is 474. The summed E-state index contributed by atoms with van der Waals surface area (Å²) in [5, 5.41) is 2.86. The van der Waals surface area contributed by atoms with Gasteiger partial charge in [-0.3, -0.25) is 4.79 Å². The number of hydrogen-bond acceptors (Lipinski definition) is 3. The molecule has 1 saturated heterocycles. The number of benzene rings is 1. The minimum atomic E-state index is -0.259. The Morgan fingerprint density at radius 3 is 2.89 bits per heavy atom. The number of nitrogens with zero attached hydrogens (tertiary/aromatic N) is 1. The zero-order valence-electron chi connectivity index (χ0n) is 11.0. The van der Waals surface area contributed by atoms with Gasteiger partial charge in [0.25, 0.3) is 5.91 Å². The Morgan fingerprint density at radius 2 is 2.21 bits per heavy atom. The third-order valence-electron chi connectivity index (χ3n) is 3.12. The van der Waals surface area contributed by atoms with E-state index in [1.807, 2.05) is 31.2 Å². The Hall–Kier alpha value is -2.04. The van der Waals surface area contributed by atoms with Crippen LogP contribution in [0.3, 0.4) is 0 Å². The second kappa shape index (κ2) is 6.22. The Kier molecular flexibility index (Phi) is 4.39. The number of ether oxygens (including phenoxy) is 1. The third-order valence-corrected chi connectivity index (χ3v) is 3.12. The van der Waals surface area contributed by atoms with Crippen molar-refractivity contribution < 1.29 is 14.3 Å². The monoisotopic (exact) mass is 262 g/mol. The van der Waals surface area contributed by atoms with Gasteiger partial charge in [0.15, 0.2) is 0 Å². The Balaban J connectivity index is 1.72. The predicted octanol–water partition coefficient (Wildman–Crippen LogP) is 1.57. The maximum atomic E-state index is 11.9. The molecule has 19 heavy (non-hydrogen) atoms. The minimum Gasteiger partial charge on any atom is -0.448 e. The number of aryl methyl sites for hydroxylation is 1. The fourth-order valence-electron chi connectivity index (χ4n) is 2.02. The third kappa shape index (κ3) is 3.47. The van der Waals surface area contributed by atoms with Crippen molar-refractivity contribution in [2.45, 2.75) is 13.3 Å². The van der Waals surface area contributed by atoms with Crippen molar-refractivity contribution >= 4 is 12.0 Å². The summed E-state index contributed by atoms with van der Waals surface area (Å²) >= 11 is 0. The molecule has 1 aromatic rings. The molecule has 5 nitrogen and oxygen atoms in total. The summed E-state index contributed by atoms with van der Waals surface area (Å²) in [6, 6.07) is 7.48. The van der Waals surface area contributed by atoms with E-state index in [0.717, 1.165) is 12.0 Å². The van der Waals surface area contributed by atoms with Gasteiger partial charge in [-0.05, 0) is 25.0 Å². The van der Waals surface area contributed by atoms with Crippen LogP contribution in [0.1, 0.15) is 22.3 Å².